The third kappa shape index (κ3) is 3.94. The summed E-state index contributed by atoms with van der Waals surface area (Å²) in [6, 6.07) is 1.61. The van der Waals surface area contributed by atoms with Crippen molar-refractivity contribution in [3.63, 3.8) is 0 Å². The molecule has 8 nitrogen and oxygen atoms in total. The van der Waals surface area contributed by atoms with Gasteiger partial charge in [0, 0.05) is 33.2 Å². The van der Waals surface area contributed by atoms with Gasteiger partial charge in [0.25, 0.3) is 11.5 Å². The fourth-order valence-electron chi connectivity index (χ4n) is 3.73. The number of aromatic nitrogens is 3. The van der Waals surface area contributed by atoms with Crippen LogP contribution in [0, 0.1) is 12.8 Å². The van der Waals surface area contributed by atoms with Gasteiger partial charge in [-0.3, -0.25) is 18.7 Å². The van der Waals surface area contributed by atoms with Gasteiger partial charge in [-0.25, -0.2) is 9.78 Å². The monoisotopic (exact) mass is 431 g/mol. The molecule has 1 aliphatic heterocycles. The maximum absolute atomic E-state index is 13.1. The molecule has 10 heteroatoms. The average molecular weight is 432 g/mol. The summed E-state index contributed by atoms with van der Waals surface area (Å²) >= 11 is 0. The van der Waals surface area contributed by atoms with Crippen molar-refractivity contribution in [3.05, 3.63) is 38.2 Å². The van der Waals surface area contributed by atoms with Crippen molar-refractivity contribution >= 4 is 41.8 Å². The second-order valence-electron chi connectivity index (χ2n) is 7.25. The van der Waals surface area contributed by atoms with Crippen molar-refractivity contribution in [1.29, 1.82) is 0 Å². The predicted molar refractivity (Wildman–Crippen MR) is 114 cm³/mol. The van der Waals surface area contributed by atoms with Crippen LogP contribution in [-0.2, 0) is 14.1 Å². The van der Waals surface area contributed by atoms with E-state index in [9.17, 15) is 14.4 Å². The molecule has 3 heterocycles. The van der Waals surface area contributed by atoms with Crippen LogP contribution in [0.5, 0.6) is 0 Å². The van der Waals surface area contributed by atoms with Gasteiger partial charge in [-0.2, -0.15) is 0 Å². The van der Waals surface area contributed by atoms with Crippen LogP contribution in [0.25, 0.3) is 11.0 Å². The first-order valence-electron chi connectivity index (χ1n) is 8.84. The van der Waals surface area contributed by atoms with Gasteiger partial charge in [0.1, 0.15) is 11.3 Å². The molecule has 1 amide bonds. The Balaban J connectivity index is 0.00000196. The zero-order chi connectivity index (χ0) is 19.2. The maximum atomic E-state index is 13.1. The molecule has 2 N–H and O–H groups in total. The highest BCUT2D eigenvalue weighted by Crippen LogP contribution is 2.24. The number of carbonyl (C=O) groups excluding carboxylic acids is 1. The molecular weight excluding hydrogens is 405 g/mol. The van der Waals surface area contributed by atoms with Gasteiger partial charge in [-0.05, 0) is 37.3 Å². The number of piperidine rings is 1. The Hall–Kier alpha value is -1.90. The van der Waals surface area contributed by atoms with E-state index < -0.39 is 11.2 Å². The van der Waals surface area contributed by atoms with E-state index in [1.165, 1.54) is 11.6 Å². The predicted octanol–water partition coefficient (Wildman–Crippen LogP) is 0.984. The van der Waals surface area contributed by atoms with Crippen LogP contribution < -0.4 is 17.0 Å². The summed E-state index contributed by atoms with van der Waals surface area (Å²) in [4.78, 5) is 43.8. The van der Waals surface area contributed by atoms with Gasteiger partial charge in [-0.15, -0.1) is 24.8 Å². The fraction of sp³-hybridized carbons (Fsp3) is 0.556. The van der Waals surface area contributed by atoms with Crippen molar-refractivity contribution < 1.29 is 4.79 Å². The summed E-state index contributed by atoms with van der Waals surface area (Å²) in [6.45, 7) is 4.96. The van der Waals surface area contributed by atoms with E-state index in [4.69, 9.17) is 5.73 Å². The summed E-state index contributed by atoms with van der Waals surface area (Å²) in [5, 5.41) is 0.355. The van der Waals surface area contributed by atoms with Crippen molar-refractivity contribution in [2.45, 2.75) is 32.7 Å². The van der Waals surface area contributed by atoms with Crippen molar-refractivity contribution in [2.75, 3.05) is 13.1 Å². The zero-order valence-electron chi connectivity index (χ0n) is 16.5. The first kappa shape index (κ1) is 24.1. The fourth-order valence-corrected chi connectivity index (χ4v) is 3.73. The first-order valence-corrected chi connectivity index (χ1v) is 8.84. The topological polar surface area (TPSA) is 103 Å². The van der Waals surface area contributed by atoms with Gasteiger partial charge < -0.3 is 10.6 Å². The van der Waals surface area contributed by atoms with Gasteiger partial charge in [0.2, 0.25) is 0 Å². The molecule has 0 bridgehead atoms. The minimum absolute atomic E-state index is 0. The molecule has 0 radical (unpaired) electrons. The maximum Gasteiger partial charge on any atom is 0.332 e. The molecule has 1 saturated heterocycles. The molecular formula is C18H27Cl2N5O3. The number of carbonyl (C=O) groups is 1. The number of rotatable bonds is 2. The van der Waals surface area contributed by atoms with Gasteiger partial charge in [-0.1, -0.05) is 6.92 Å². The molecule has 2 aromatic heterocycles. The number of hydrogen-bond acceptors (Lipinski definition) is 5. The smallest absolute Gasteiger partial charge is 0.332 e. The molecule has 0 aromatic carbocycles. The largest absolute Gasteiger partial charge is 0.333 e. The summed E-state index contributed by atoms with van der Waals surface area (Å²) in [5.41, 5.74) is 6.10. The van der Waals surface area contributed by atoms with Crippen LogP contribution in [0.4, 0.5) is 0 Å². The van der Waals surface area contributed by atoms with Crippen LogP contribution in [0.1, 0.15) is 35.8 Å². The van der Waals surface area contributed by atoms with Gasteiger partial charge in [0.05, 0.1) is 5.39 Å². The minimum atomic E-state index is -0.467. The normalized spacial score (nSPS) is 19.1. The number of aryl methyl sites for hydroxylation is 2. The highest BCUT2D eigenvalue weighted by molar-refractivity contribution is 5.95. The van der Waals surface area contributed by atoms with E-state index in [0.717, 1.165) is 17.4 Å². The second-order valence-corrected chi connectivity index (χ2v) is 7.25. The van der Waals surface area contributed by atoms with E-state index in [0.29, 0.717) is 30.0 Å². The molecule has 2 aromatic rings. The molecule has 2 atom stereocenters. The molecule has 1 aliphatic rings. The molecule has 2 unspecified atom stereocenters. The second kappa shape index (κ2) is 9.07. The molecule has 1 fully saturated rings. The molecule has 3 rings (SSSR count). The SMILES string of the molecule is Cc1cc(C(=O)N2CCC(C)CC2CN)nc2c1c(=O)n(C)c(=O)n2C.Cl.Cl. The summed E-state index contributed by atoms with van der Waals surface area (Å²) < 4.78 is 2.36. The Morgan fingerprint density at radius 1 is 1.25 bits per heavy atom. The number of pyridine rings is 1. The van der Waals surface area contributed by atoms with E-state index in [2.05, 4.69) is 11.9 Å². The van der Waals surface area contributed by atoms with Crippen molar-refractivity contribution in [2.24, 2.45) is 25.7 Å². The molecule has 0 spiro atoms. The Kier molecular flexibility index (Phi) is 7.82. The van der Waals surface area contributed by atoms with Crippen LogP contribution in [0.3, 0.4) is 0 Å². The average Bonchev–Trinajstić information content (AvgIpc) is 2.63. The third-order valence-corrected chi connectivity index (χ3v) is 5.34. The molecule has 0 aliphatic carbocycles. The third-order valence-electron chi connectivity index (χ3n) is 5.34. The van der Waals surface area contributed by atoms with Gasteiger partial charge in [0.15, 0.2) is 0 Å². The quantitative estimate of drug-likeness (QED) is 0.762. The lowest BCUT2D eigenvalue weighted by Crippen LogP contribution is -2.49. The van der Waals surface area contributed by atoms with Crippen LogP contribution in [0.15, 0.2) is 15.7 Å². The Labute approximate surface area is 175 Å². The highest BCUT2D eigenvalue weighted by atomic mass is 35.5. The number of hydrogen-bond donors (Lipinski definition) is 1. The number of fused-ring (bicyclic) bond motifs is 1. The van der Waals surface area contributed by atoms with Crippen molar-refractivity contribution in [1.82, 2.24) is 19.0 Å². The number of likely N-dealkylation sites (tertiary alicyclic amines) is 1. The lowest BCUT2D eigenvalue weighted by molar-refractivity contribution is 0.0568. The van der Waals surface area contributed by atoms with Crippen molar-refractivity contribution in [3.8, 4) is 0 Å². The standard InChI is InChI=1S/C18H25N5O3.2ClH/c1-10-5-6-23(12(7-10)9-19)16(24)13-8-11(2)14-15(20-13)21(3)18(26)22(4)17(14)25;;/h8,10,12H,5-7,9,19H2,1-4H3;2*1H. The number of nitrogens with zero attached hydrogens (tertiary/aromatic N) is 4. The lowest BCUT2D eigenvalue weighted by Gasteiger charge is -2.37. The van der Waals surface area contributed by atoms with Crippen LogP contribution >= 0.6 is 24.8 Å². The minimum Gasteiger partial charge on any atom is -0.333 e. The number of halogens is 2. The molecule has 156 valence electrons. The van der Waals surface area contributed by atoms with E-state index >= 15 is 0 Å². The van der Waals surface area contributed by atoms with Gasteiger partial charge >= 0.3 is 5.69 Å². The Bertz CT molecular complexity index is 1000. The highest BCUT2D eigenvalue weighted by Gasteiger charge is 2.30. The number of amides is 1. The lowest BCUT2D eigenvalue weighted by atomic mass is 9.92. The molecule has 28 heavy (non-hydrogen) atoms. The van der Waals surface area contributed by atoms with Crippen LogP contribution in [-0.4, -0.2) is 44.1 Å². The number of nitrogens with two attached hydrogens (primary N) is 1. The van der Waals surface area contributed by atoms with Crippen LogP contribution in [0.2, 0.25) is 0 Å². The summed E-state index contributed by atoms with van der Waals surface area (Å²) in [7, 11) is 2.99. The summed E-state index contributed by atoms with van der Waals surface area (Å²) in [5.74, 6) is 0.327. The summed E-state index contributed by atoms with van der Waals surface area (Å²) in [6.07, 6.45) is 1.79. The first-order chi connectivity index (χ1) is 12.3. The van der Waals surface area contributed by atoms with E-state index in [-0.39, 0.29) is 48.1 Å². The van der Waals surface area contributed by atoms with E-state index in [1.807, 2.05) is 0 Å². The molecule has 0 saturated carbocycles. The van der Waals surface area contributed by atoms with E-state index in [1.54, 1.807) is 24.9 Å². The zero-order valence-corrected chi connectivity index (χ0v) is 18.1. The Morgan fingerprint density at radius 2 is 1.89 bits per heavy atom. The Morgan fingerprint density at radius 3 is 2.50 bits per heavy atom.